The molecule has 1 aliphatic heterocycles. The van der Waals surface area contributed by atoms with E-state index in [0.717, 1.165) is 17.2 Å². The summed E-state index contributed by atoms with van der Waals surface area (Å²) in [5, 5.41) is 7.19. The second-order valence-corrected chi connectivity index (χ2v) is 3.52. The molecule has 0 saturated heterocycles. The summed E-state index contributed by atoms with van der Waals surface area (Å²) in [5.74, 6) is 0.830. The molecule has 0 radical (unpaired) electrons. The third kappa shape index (κ3) is 1.32. The van der Waals surface area contributed by atoms with Crippen molar-refractivity contribution >= 4 is 11.7 Å². The first-order chi connectivity index (χ1) is 7.33. The topological polar surface area (TPSA) is 62.7 Å². The smallest absolute Gasteiger partial charge is 0.227 e. The lowest BCUT2D eigenvalue weighted by atomic mass is 10.3. The van der Waals surface area contributed by atoms with Crippen LogP contribution in [0.2, 0.25) is 0 Å². The van der Waals surface area contributed by atoms with E-state index >= 15 is 0 Å². The van der Waals surface area contributed by atoms with E-state index in [1.54, 1.807) is 0 Å². The van der Waals surface area contributed by atoms with Gasteiger partial charge in [0, 0.05) is 18.7 Å². The van der Waals surface area contributed by atoms with Gasteiger partial charge in [0.25, 0.3) is 0 Å². The van der Waals surface area contributed by atoms with Gasteiger partial charge in [-0.1, -0.05) is 0 Å². The van der Waals surface area contributed by atoms with Crippen molar-refractivity contribution in [2.75, 3.05) is 5.32 Å². The van der Waals surface area contributed by atoms with Gasteiger partial charge in [0.2, 0.25) is 5.91 Å². The number of aryl methyl sites for hydroxylation is 1. The standard InChI is InChI=1S/C10H10N4O/c15-10-3-5-14-9(12-10)6-8(13-14)7-2-1-4-11-7/h1-2,4,6,11H,3,5H2,(H,12,15). The van der Waals surface area contributed by atoms with Crippen LogP contribution in [-0.4, -0.2) is 20.7 Å². The summed E-state index contributed by atoms with van der Waals surface area (Å²) in [5.41, 5.74) is 1.82. The molecule has 0 spiro atoms. The van der Waals surface area contributed by atoms with Crippen LogP contribution in [0.15, 0.2) is 24.4 Å². The Labute approximate surface area is 86.1 Å². The minimum Gasteiger partial charge on any atom is -0.360 e. The average Bonchev–Trinajstić information content (AvgIpc) is 2.84. The molecule has 5 heteroatoms. The normalized spacial score (nSPS) is 14.8. The zero-order valence-electron chi connectivity index (χ0n) is 8.03. The number of nitrogens with zero attached hydrogens (tertiary/aromatic N) is 2. The highest BCUT2D eigenvalue weighted by molar-refractivity contribution is 5.91. The van der Waals surface area contributed by atoms with E-state index in [1.165, 1.54) is 0 Å². The van der Waals surface area contributed by atoms with E-state index in [2.05, 4.69) is 15.4 Å². The Hall–Kier alpha value is -2.04. The summed E-state index contributed by atoms with van der Waals surface area (Å²) < 4.78 is 1.82. The maximum absolute atomic E-state index is 11.2. The number of fused-ring (bicyclic) bond motifs is 1. The lowest BCUT2D eigenvalue weighted by Gasteiger charge is -2.13. The van der Waals surface area contributed by atoms with E-state index in [0.29, 0.717) is 13.0 Å². The number of H-pyrrole nitrogens is 1. The van der Waals surface area contributed by atoms with E-state index in [-0.39, 0.29) is 5.91 Å². The first-order valence-electron chi connectivity index (χ1n) is 4.84. The van der Waals surface area contributed by atoms with E-state index < -0.39 is 0 Å². The lowest BCUT2D eigenvalue weighted by molar-refractivity contribution is -0.116. The molecule has 0 saturated carbocycles. The largest absolute Gasteiger partial charge is 0.360 e. The van der Waals surface area contributed by atoms with Crippen LogP contribution in [0.1, 0.15) is 6.42 Å². The number of anilines is 1. The quantitative estimate of drug-likeness (QED) is 0.730. The SMILES string of the molecule is O=C1CCn2nc(-c3ccc[nH]3)cc2N1. The van der Waals surface area contributed by atoms with Crippen LogP contribution in [0.5, 0.6) is 0 Å². The number of hydrogen-bond donors (Lipinski definition) is 2. The van der Waals surface area contributed by atoms with Crippen LogP contribution in [0.3, 0.4) is 0 Å². The summed E-state index contributed by atoms with van der Waals surface area (Å²) >= 11 is 0. The van der Waals surface area contributed by atoms with Crippen LogP contribution in [0.25, 0.3) is 11.4 Å². The van der Waals surface area contributed by atoms with Gasteiger partial charge < -0.3 is 10.3 Å². The highest BCUT2D eigenvalue weighted by atomic mass is 16.1. The molecular weight excluding hydrogens is 192 g/mol. The summed E-state index contributed by atoms with van der Waals surface area (Å²) in [4.78, 5) is 14.2. The highest BCUT2D eigenvalue weighted by Crippen LogP contribution is 2.22. The number of carbonyl (C=O) groups excluding carboxylic acids is 1. The molecule has 15 heavy (non-hydrogen) atoms. The number of carbonyl (C=O) groups is 1. The third-order valence-corrected chi connectivity index (χ3v) is 2.47. The van der Waals surface area contributed by atoms with Gasteiger partial charge in [0.1, 0.15) is 11.5 Å². The average molecular weight is 202 g/mol. The molecule has 2 aromatic heterocycles. The predicted molar refractivity (Wildman–Crippen MR) is 55.3 cm³/mol. The molecule has 3 rings (SSSR count). The fourth-order valence-electron chi connectivity index (χ4n) is 1.72. The van der Waals surface area contributed by atoms with Crippen LogP contribution in [0.4, 0.5) is 5.82 Å². The molecule has 5 nitrogen and oxygen atoms in total. The monoisotopic (exact) mass is 202 g/mol. The molecule has 0 atom stereocenters. The Bertz CT molecular complexity index is 497. The van der Waals surface area contributed by atoms with Gasteiger partial charge in [-0.05, 0) is 12.1 Å². The van der Waals surface area contributed by atoms with Gasteiger partial charge in [-0.3, -0.25) is 4.79 Å². The number of aromatic amines is 1. The van der Waals surface area contributed by atoms with Gasteiger partial charge in [-0.25, -0.2) is 4.68 Å². The summed E-state index contributed by atoms with van der Waals surface area (Å²) in [6, 6.07) is 5.76. The van der Waals surface area contributed by atoms with Crippen LogP contribution < -0.4 is 5.32 Å². The van der Waals surface area contributed by atoms with Crippen molar-refractivity contribution in [3.8, 4) is 11.4 Å². The molecule has 0 bridgehead atoms. The molecule has 0 fully saturated rings. The molecule has 76 valence electrons. The van der Waals surface area contributed by atoms with E-state index in [1.807, 2.05) is 29.1 Å². The maximum atomic E-state index is 11.2. The van der Waals surface area contributed by atoms with Gasteiger partial charge >= 0.3 is 0 Å². The Kier molecular flexibility index (Phi) is 1.65. The molecule has 0 aromatic carbocycles. The predicted octanol–water partition coefficient (Wildman–Crippen LogP) is 1.22. The van der Waals surface area contributed by atoms with Crippen LogP contribution in [0, 0.1) is 0 Å². The lowest BCUT2D eigenvalue weighted by Crippen LogP contribution is -2.23. The van der Waals surface area contributed by atoms with Gasteiger partial charge in [0.05, 0.1) is 12.2 Å². The van der Waals surface area contributed by atoms with Crippen molar-refractivity contribution in [3.05, 3.63) is 24.4 Å². The van der Waals surface area contributed by atoms with Crippen molar-refractivity contribution in [3.63, 3.8) is 0 Å². The van der Waals surface area contributed by atoms with E-state index in [9.17, 15) is 4.79 Å². The number of rotatable bonds is 1. The number of nitrogens with one attached hydrogen (secondary N) is 2. The molecule has 0 unspecified atom stereocenters. The van der Waals surface area contributed by atoms with Gasteiger partial charge in [-0.15, -0.1) is 0 Å². The van der Waals surface area contributed by atoms with E-state index in [4.69, 9.17) is 0 Å². The van der Waals surface area contributed by atoms with Crippen LogP contribution in [-0.2, 0) is 11.3 Å². The fraction of sp³-hybridized carbons (Fsp3) is 0.200. The minimum atomic E-state index is 0.0560. The molecule has 2 N–H and O–H groups in total. The first-order valence-corrected chi connectivity index (χ1v) is 4.84. The Balaban J connectivity index is 2.03. The zero-order valence-corrected chi connectivity index (χ0v) is 8.03. The molecular formula is C10H10N4O. The van der Waals surface area contributed by atoms with Crippen LogP contribution >= 0.6 is 0 Å². The zero-order chi connectivity index (χ0) is 10.3. The number of aromatic nitrogens is 3. The van der Waals surface area contributed by atoms with Gasteiger partial charge in [0.15, 0.2) is 0 Å². The molecule has 1 aliphatic rings. The third-order valence-electron chi connectivity index (χ3n) is 2.47. The second kappa shape index (κ2) is 2.98. The van der Waals surface area contributed by atoms with Crippen molar-refractivity contribution < 1.29 is 4.79 Å². The highest BCUT2D eigenvalue weighted by Gasteiger charge is 2.17. The Morgan fingerprint density at radius 3 is 3.20 bits per heavy atom. The van der Waals surface area contributed by atoms with Crippen molar-refractivity contribution in [1.82, 2.24) is 14.8 Å². The van der Waals surface area contributed by atoms with Gasteiger partial charge in [-0.2, -0.15) is 5.10 Å². The molecule has 0 aliphatic carbocycles. The summed E-state index contributed by atoms with van der Waals surface area (Å²) in [6.45, 7) is 0.655. The Morgan fingerprint density at radius 1 is 1.47 bits per heavy atom. The molecule has 3 heterocycles. The Morgan fingerprint density at radius 2 is 2.40 bits per heavy atom. The van der Waals surface area contributed by atoms with Crippen molar-refractivity contribution in [2.45, 2.75) is 13.0 Å². The molecule has 1 amide bonds. The summed E-state index contributed by atoms with van der Waals surface area (Å²) in [6.07, 6.45) is 2.35. The van der Waals surface area contributed by atoms with Crippen molar-refractivity contribution in [1.29, 1.82) is 0 Å². The fourth-order valence-corrected chi connectivity index (χ4v) is 1.72. The summed E-state index contributed by atoms with van der Waals surface area (Å²) in [7, 11) is 0. The number of amides is 1. The minimum absolute atomic E-state index is 0.0560. The number of hydrogen-bond acceptors (Lipinski definition) is 2. The molecule has 2 aromatic rings. The maximum Gasteiger partial charge on any atom is 0.227 e. The van der Waals surface area contributed by atoms with Crippen molar-refractivity contribution in [2.24, 2.45) is 0 Å². The first kappa shape index (κ1) is 8.28. The second-order valence-electron chi connectivity index (χ2n) is 3.52.